The number of allylic oxidation sites excluding steroid dienone is 2. The maximum atomic E-state index is 3.98. The van der Waals surface area contributed by atoms with E-state index in [0.717, 1.165) is 11.8 Å². The third-order valence-corrected chi connectivity index (χ3v) is 2.26. The van der Waals surface area contributed by atoms with Gasteiger partial charge >= 0.3 is 0 Å². The van der Waals surface area contributed by atoms with Crippen LogP contribution in [-0.4, -0.2) is 0 Å². The normalized spacial score (nSPS) is 34.8. The Morgan fingerprint density at radius 2 is 2.44 bits per heavy atom. The van der Waals surface area contributed by atoms with Crippen LogP contribution in [0, 0.1) is 11.8 Å². The molecule has 0 spiro atoms. The molecule has 0 bridgehead atoms. The molecule has 0 aromatic carbocycles. The van der Waals surface area contributed by atoms with E-state index in [4.69, 9.17) is 0 Å². The SMILES string of the molecule is CCC1C=C([NH3+])C(C)C1. The fraction of sp³-hybridized carbons (Fsp3) is 0.750. The van der Waals surface area contributed by atoms with E-state index in [1.165, 1.54) is 18.5 Å². The minimum absolute atomic E-state index is 0.745. The molecule has 1 nitrogen and oxygen atoms in total. The summed E-state index contributed by atoms with van der Waals surface area (Å²) >= 11 is 0. The van der Waals surface area contributed by atoms with Gasteiger partial charge in [0.15, 0.2) is 0 Å². The maximum absolute atomic E-state index is 3.98. The molecule has 3 N–H and O–H groups in total. The summed E-state index contributed by atoms with van der Waals surface area (Å²) in [4.78, 5) is 0. The molecule has 0 saturated carbocycles. The Kier molecular flexibility index (Phi) is 1.91. The van der Waals surface area contributed by atoms with Crippen LogP contribution in [0.3, 0.4) is 0 Å². The number of hydrogen-bond donors (Lipinski definition) is 1. The van der Waals surface area contributed by atoms with Crippen LogP contribution in [0.5, 0.6) is 0 Å². The molecular formula is C8H16N+. The van der Waals surface area contributed by atoms with Gasteiger partial charge in [0.1, 0.15) is 5.70 Å². The summed E-state index contributed by atoms with van der Waals surface area (Å²) in [6, 6.07) is 0. The molecule has 0 amide bonds. The van der Waals surface area contributed by atoms with E-state index in [1.807, 2.05) is 0 Å². The molecule has 1 heteroatoms. The van der Waals surface area contributed by atoms with E-state index in [1.54, 1.807) is 0 Å². The Morgan fingerprint density at radius 1 is 1.78 bits per heavy atom. The van der Waals surface area contributed by atoms with Crippen LogP contribution in [0.25, 0.3) is 0 Å². The second kappa shape index (κ2) is 2.53. The quantitative estimate of drug-likeness (QED) is 0.546. The van der Waals surface area contributed by atoms with Gasteiger partial charge in [-0.2, -0.15) is 0 Å². The van der Waals surface area contributed by atoms with Crippen LogP contribution in [0.15, 0.2) is 11.8 Å². The van der Waals surface area contributed by atoms with Gasteiger partial charge < -0.3 is 5.73 Å². The van der Waals surface area contributed by atoms with E-state index in [-0.39, 0.29) is 0 Å². The smallest absolute Gasteiger partial charge is 0.103 e. The standard InChI is InChI=1S/C8H15N/c1-3-7-4-6(2)8(9)5-7/h5-7H,3-4,9H2,1-2H3/p+1. The van der Waals surface area contributed by atoms with Crippen LogP contribution < -0.4 is 5.73 Å². The van der Waals surface area contributed by atoms with Crippen LogP contribution in [-0.2, 0) is 0 Å². The molecule has 1 aliphatic rings. The highest BCUT2D eigenvalue weighted by atomic mass is 14.6. The summed E-state index contributed by atoms with van der Waals surface area (Å²) in [6.45, 7) is 4.50. The molecule has 2 unspecified atom stereocenters. The molecule has 0 radical (unpaired) electrons. The van der Waals surface area contributed by atoms with Gasteiger partial charge in [-0.1, -0.05) is 13.8 Å². The van der Waals surface area contributed by atoms with Crippen molar-refractivity contribution < 1.29 is 5.73 Å². The van der Waals surface area contributed by atoms with Gasteiger partial charge in [0.05, 0.1) is 0 Å². The fourth-order valence-electron chi connectivity index (χ4n) is 1.43. The third kappa shape index (κ3) is 1.33. The Bertz CT molecular complexity index is 127. The zero-order valence-electron chi connectivity index (χ0n) is 6.35. The fourth-order valence-corrected chi connectivity index (χ4v) is 1.43. The number of hydrogen-bond acceptors (Lipinski definition) is 0. The molecule has 0 saturated heterocycles. The summed E-state index contributed by atoms with van der Waals surface area (Å²) in [7, 11) is 0. The van der Waals surface area contributed by atoms with Crippen molar-refractivity contribution in [2.75, 3.05) is 0 Å². The summed E-state index contributed by atoms with van der Waals surface area (Å²) < 4.78 is 0. The molecular weight excluding hydrogens is 110 g/mol. The average Bonchev–Trinajstić information content (AvgIpc) is 2.13. The van der Waals surface area contributed by atoms with Gasteiger partial charge in [-0.3, -0.25) is 0 Å². The first-order valence-electron chi connectivity index (χ1n) is 3.77. The predicted molar refractivity (Wildman–Crippen MR) is 38.5 cm³/mol. The average molecular weight is 126 g/mol. The van der Waals surface area contributed by atoms with Crippen molar-refractivity contribution in [3.05, 3.63) is 11.8 Å². The van der Waals surface area contributed by atoms with Gasteiger partial charge in [0, 0.05) is 5.92 Å². The lowest BCUT2D eigenvalue weighted by molar-refractivity contribution is -0.312. The van der Waals surface area contributed by atoms with Gasteiger partial charge in [-0.05, 0) is 24.8 Å². The van der Waals surface area contributed by atoms with Gasteiger partial charge in [-0.25, -0.2) is 0 Å². The van der Waals surface area contributed by atoms with E-state index >= 15 is 0 Å². The molecule has 0 heterocycles. The van der Waals surface area contributed by atoms with E-state index in [2.05, 4.69) is 25.7 Å². The first kappa shape index (κ1) is 6.81. The van der Waals surface area contributed by atoms with Crippen molar-refractivity contribution in [1.82, 2.24) is 0 Å². The van der Waals surface area contributed by atoms with Crippen molar-refractivity contribution in [2.45, 2.75) is 26.7 Å². The highest BCUT2D eigenvalue weighted by molar-refractivity contribution is 5.05. The zero-order chi connectivity index (χ0) is 6.85. The van der Waals surface area contributed by atoms with Crippen LogP contribution in [0.4, 0.5) is 0 Å². The predicted octanol–water partition coefficient (Wildman–Crippen LogP) is 1.18. The Balaban J connectivity index is 2.52. The lowest BCUT2D eigenvalue weighted by atomic mass is 10.0. The minimum atomic E-state index is 0.745. The van der Waals surface area contributed by atoms with Crippen molar-refractivity contribution >= 4 is 0 Å². The molecule has 52 valence electrons. The van der Waals surface area contributed by atoms with E-state index in [9.17, 15) is 0 Å². The van der Waals surface area contributed by atoms with Crippen LogP contribution in [0.1, 0.15) is 26.7 Å². The van der Waals surface area contributed by atoms with Gasteiger partial charge in [-0.15, -0.1) is 0 Å². The van der Waals surface area contributed by atoms with Gasteiger partial charge in [0.2, 0.25) is 0 Å². The monoisotopic (exact) mass is 126 g/mol. The third-order valence-electron chi connectivity index (χ3n) is 2.26. The zero-order valence-corrected chi connectivity index (χ0v) is 6.35. The van der Waals surface area contributed by atoms with E-state index < -0.39 is 0 Å². The van der Waals surface area contributed by atoms with Crippen molar-refractivity contribution in [1.29, 1.82) is 0 Å². The Hall–Kier alpha value is -0.300. The second-order valence-electron chi connectivity index (χ2n) is 3.05. The Labute approximate surface area is 56.9 Å². The topological polar surface area (TPSA) is 27.6 Å². The van der Waals surface area contributed by atoms with Crippen molar-refractivity contribution in [2.24, 2.45) is 11.8 Å². The van der Waals surface area contributed by atoms with Crippen LogP contribution >= 0.6 is 0 Å². The second-order valence-corrected chi connectivity index (χ2v) is 3.05. The largest absolute Gasteiger partial charge is 0.329 e. The molecule has 0 fully saturated rings. The number of rotatable bonds is 1. The number of quaternary nitrogens is 1. The molecule has 2 atom stereocenters. The lowest BCUT2D eigenvalue weighted by Crippen LogP contribution is -2.48. The highest BCUT2D eigenvalue weighted by Gasteiger charge is 2.21. The van der Waals surface area contributed by atoms with Crippen molar-refractivity contribution in [3.8, 4) is 0 Å². The molecule has 0 aliphatic heterocycles. The maximum Gasteiger partial charge on any atom is 0.103 e. The summed E-state index contributed by atoms with van der Waals surface area (Å²) in [5.41, 5.74) is 5.33. The Morgan fingerprint density at radius 3 is 2.67 bits per heavy atom. The molecule has 0 aromatic rings. The summed E-state index contributed by atoms with van der Waals surface area (Å²) in [5, 5.41) is 0. The molecule has 1 aliphatic carbocycles. The first-order valence-corrected chi connectivity index (χ1v) is 3.77. The lowest BCUT2D eigenvalue weighted by Gasteiger charge is -2.02. The molecule has 0 aromatic heterocycles. The minimum Gasteiger partial charge on any atom is -0.329 e. The summed E-state index contributed by atoms with van der Waals surface area (Å²) in [6.07, 6.45) is 4.93. The first-order chi connectivity index (χ1) is 4.24. The van der Waals surface area contributed by atoms with Crippen molar-refractivity contribution in [3.63, 3.8) is 0 Å². The molecule has 9 heavy (non-hydrogen) atoms. The molecule has 1 rings (SSSR count). The van der Waals surface area contributed by atoms with E-state index in [0.29, 0.717) is 0 Å². The van der Waals surface area contributed by atoms with Crippen LogP contribution in [0.2, 0.25) is 0 Å². The summed E-state index contributed by atoms with van der Waals surface area (Å²) in [5.74, 6) is 1.57. The highest BCUT2D eigenvalue weighted by Crippen LogP contribution is 2.27. The van der Waals surface area contributed by atoms with Gasteiger partial charge in [0.25, 0.3) is 0 Å².